The molecular formula is C14H19N3O2. The second-order valence-electron chi connectivity index (χ2n) is 5.50. The molecule has 1 aliphatic heterocycles. The third-order valence-electron chi connectivity index (χ3n) is 4.25. The van der Waals surface area contributed by atoms with E-state index >= 15 is 0 Å². The van der Waals surface area contributed by atoms with Gasteiger partial charge in [-0.05, 0) is 50.3 Å². The van der Waals surface area contributed by atoms with Crippen LogP contribution in [0.25, 0.3) is 0 Å². The van der Waals surface area contributed by atoms with Gasteiger partial charge in [0.2, 0.25) is 0 Å². The molecule has 5 heteroatoms. The lowest BCUT2D eigenvalue weighted by Crippen LogP contribution is -2.39. The summed E-state index contributed by atoms with van der Waals surface area (Å²) < 4.78 is 5.66. The molecule has 2 heterocycles. The summed E-state index contributed by atoms with van der Waals surface area (Å²) in [7, 11) is 0. The van der Waals surface area contributed by atoms with Crippen molar-refractivity contribution >= 4 is 11.9 Å². The highest BCUT2D eigenvalue weighted by Gasteiger charge is 2.47. The van der Waals surface area contributed by atoms with Crippen molar-refractivity contribution in [2.24, 2.45) is 11.7 Å². The van der Waals surface area contributed by atoms with E-state index < -0.39 is 0 Å². The summed E-state index contributed by atoms with van der Waals surface area (Å²) in [5.74, 6) is 1.25. The van der Waals surface area contributed by atoms with E-state index in [0.717, 1.165) is 32.2 Å². The molecule has 0 unspecified atom stereocenters. The van der Waals surface area contributed by atoms with Gasteiger partial charge in [-0.3, -0.25) is 4.90 Å². The molecule has 5 nitrogen and oxygen atoms in total. The number of anilines is 1. The molecule has 0 aromatic carbocycles. The summed E-state index contributed by atoms with van der Waals surface area (Å²) in [6, 6.07) is 5.56. The highest BCUT2D eigenvalue weighted by molar-refractivity contribution is 5.89. The quantitative estimate of drug-likeness (QED) is 0.883. The van der Waals surface area contributed by atoms with E-state index in [-0.39, 0.29) is 11.7 Å². The maximum atomic E-state index is 12.0. The van der Waals surface area contributed by atoms with Gasteiger partial charge in [0, 0.05) is 6.20 Å². The van der Waals surface area contributed by atoms with E-state index in [2.05, 4.69) is 4.98 Å². The number of nitrogens with two attached hydrogens (primary N) is 1. The average Bonchev–Trinajstić information content (AvgIpc) is 2.77. The summed E-state index contributed by atoms with van der Waals surface area (Å²) in [4.78, 5) is 17.9. The molecule has 2 N–H and O–H groups in total. The molecule has 1 saturated heterocycles. The first kappa shape index (κ1) is 12.4. The fourth-order valence-corrected chi connectivity index (χ4v) is 3.01. The van der Waals surface area contributed by atoms with Gasteiger partial charge in [-0.1, -0.05) is 6.07 Å². The Bertz CT molecular complexity index is 455. The van der Waals surface area contributed by atoms with Gasteiger partial charge in [0.25, 0.3) is 0 Å². The third-order valence-corrected chi connectivity index (χ3v) is 4.25. The Morgan fingerprint density at radius 3 is 2.84 bits per heavy atom. The number of hydrogen-bond acceptors (Lipinski definition) is 4. The smallest absolute Gasteiger partial charge is 0.416 e. The van der Waals surface area contributed by atoms with E-state index in [4.69, 9.17) is 10.5 Å². The lowest BCUT2D eigenvalue weighted by atomic mass is 9.79. The topological polar surface area (TPSA) is 68.5 Å². The number of hydrogen-bond donors (Lipinski definition) is 1. The molecule has 3 rings (SSSR count). The van der Waals surface area contributed by atoms with Crippen molar-refractivity contribution in [3.8, 4) is 0 Å². The Morgan fingerprint density at radius 2 is 2.21 bits per heavy atom. The van der Waals surface area contributed by atoms with E-state index in [0.29, 0.717) is 18.3 Å². The second-order valence-corrected chi connectivity index (χ2v) is 5.50. The molecule has 1 saturated carbocycles. The van der Waals surface area contributed by atoms with Crippen LogP contribution in [0.15, 0.2) is 24.4 Å². The molecule has 2 fully saturated rings. The first-order valence-corrected chi connectivity index (χ1v) is 6.84. The van der Waals surface area contributed by atoms with Crippen LogP contribution in [0.1, 0.15) is 25.7 Å². The first-order valence-electron chi connectivity index (χ1n) is 6.84. The number of nitrogens with zero attached hydrogens (tertiary/aromatic N) is 2. The fraction of sp³-hybridized carbons (Fsp3) is 0.571. The molecule has 19 heavy (non-hydrogen) atoms. The minimum absolute atomic E-state index is 0.273. The van der Waals surface area contributed by atoms with E-state index in [1.807, 2.05) is 18.2 Å². The highest BCUT2D eigenvalue weighted by Crippen LogP contribution is 2.40. The Labute approximate surface area is 112 Å². The van der Waals surface area contributed by atoms with Crippen molar-refractivity contribution in [3.63, 3.8) is 0 Å². The molecule has 1 aliphatic carbocycles. The molecule has 1 spiro atoms. The van der Waals surface area contributed by atoms with E-state index in [1.54, 1.807) is 11.1 Å². The summed E-state index contributed by atoms with van der Waals surface area (Å²) >= 11 is 0. The number of rotatable bonds is 2. The first-order chi connectivity index (χ1) is 9.22. The van der Waals surface area contributed by atoms with Gasteiger partial charge in [0.1, 0.15) is 11.4 Å². The zero-order chi connectivity index (χ0) is 13.3. The van der Waals surface area contributed by atoms with Crippen LogP contribution in [-0.4, -0.2) is 29.8 Å². The molecule has 0 atom stereocenters. The van der Waals surface area contributed by atoms with Crippen LogP contribution in [-0.2, 0) is 4.74 Å². The molecular weight excluding hydrogens is 242 g/mol. The van der Waals surface area contributed by atoms with Crippen LogP contribution in [0, 0.1) is 5.92 Å². The minimum atomic E-state index is -0.319. The molecule has 1 amide bonds. The summed E-state index contributed by atoms with van der Waals surface area (Å²) in [6.07, 6.45) is 5.32. The van der Waals surface area contributed by atoms with Gasteiger partial charge >= 0.3 is 6.09 Å². The predicted octanol–water partition coefficient (Wildman–Crippen LogP) is 1.93. The summed E-state index contributed by atoms with van der Waals surface area (Å²) in [5, 5.41) is 0. The number of aromatic nitrogens is 1. The standard InChI is InChI=1S/C14H19N3O2/c15-9-11-4-6-14(7-5-11)10-17(13(18)19-14)12-3-1-2-8-16-12/h1-3,8,11H,4-7,9-10,15H2/t11-,14-. The number of amides is 1. The zero-order valence-electron chi connectivity index (χ0n) is 10.9. The Morgan fingerprint density at radius 1 is 1.42 bits per heavy atom. The lowest BCUT2D eigenvalue weighted by Gasteiger charge is -2.34. The maximum absolute atomic E-state index is 12.0. The number of ether oxygens (including phenoxy) is 1. The minimum Gasteiger partial charge on any atom is -0.441 e. The lowest BCUT2D eigenvalue weighted by molar-refractivity contribution is 0.0144. The van der Waals surface area contributed by atoms with Gasteiger partial charge in [-0.2, -0.15) is 0 Å². The van der Waals surface area contributed by atoms with Crippen molar-refractivity contribution in [3.05, 3.63) is 24.4 Å². The normalized spacial score (nSPS) is 30.7. The SMILES string of the molecule is NC[C@H]1CC[C@]2(CC1)CN(c1ccccn1)C(=O)O2. The fourth-order valence-electron chi connectivity index (χ4n) is 3.01. The number of carbonyl (C=O) groups is 1. The van der Waals surface area contributed by atoms with Crippen LogP contribution in [0.4, 0.5) is 10.6 Å². The number of pyridine rings is 1. The molecule has 0 bridgehead atoms. The zero-order valence-corrected chi connectivity index (χ0v) is 10.9. The van der Waals surface area contributed by atoms with Crippen molar-refractivity contribution in [1.82, 2.24) is 4.98 Å². The maximum Gasteiger partial charge on any atom is 0.416 e. The molecule has 1 aromatic rings. The predicted molar refractivity (Wildman–Crippen MR) is 71.8 cm³/mol. The van der Waals surface area contributed by atoms with Crippen LogP contribution in [0.5, 0.6) is 0 Å². The van der Waals surface area contributed by atoms with Gasteiger partial charge < -0.3 is 10.5 Å². The Hall–Kier alpha value is -1.62. The Balaban J connectivity index is 1.74. The van der Waals surface area contributed by atoms with Crippen LogP contribution < -0.4 is 10.6 Å². The van der Waals surface area contributed by atoms with Gasteiger partial charge in [0.05, 0.1) is 6.54 Å². The van der Waals surface area contributed by atoms with Gasteiger partial charge in [-0.15, -0.1) is 0 Å². The largest absolute Gasteiger partial charge is 0.441 e. The van der Waals surface area contributed by atoms with Gasteiger partial charge in [0.15, 0.2) is 0 Å². The number of carbonyl (C=O) groups excluding carboxylic acids is 1. The summed E-state index contributed by atoms with van der Waals surface area (Å²) in [6.45, 7) is 1.34. The molecule has 2 aliphatic rings. The Kier molecular flexibility index (Phi) is 3.14. The van der Waals surface area contributed by atoms with Crippen molar-refractivity contribution in [2.75, 3.05) is 18.0 Å². The monoisotopic (exact) mass is 261 g/mol. The second kappa shape index (κ2) is 4.81. The van der Waals surface area contributed by atoms with Crippen molar-refractivity contribution in [1.29, 1.82) is 0 Å². The summed E-state index contributed by atoms with van der Waals surface area (Å²) in [5.41, 5.74) is 5.39. The molecule has 102 valence electrons. The molecule has 1 aromatic heterocycles. The highest BCUT2D eigenvalue weighted by atomic mass is 16.6. The van der Waals surface area contributed by atoms with Crippen LogP contribution >= 0.6 is 0 Å². The van der Waals surface area contributed by atoms with E-state index in [1.165, 1.54) is 0 Å². The van der Waals surface area contributed by atoms with Crippen LogP contribution in [0.2, 0.25) is 0 Å². The third kappa shape index (κ3) is 2.30. The van der Waals surface area contributed by atoms with Gasteiger partial charge in [-0.25, -0.2) is 9.78 Å². The van der Waals surface area contributed by atoms with Crippen molar-refractivity contribution < 1.29 is 9.53 Å². The van der Waals surface area contributed by atoms with Crippen molar-refractivity contribution in [2.45, 2.75) is 31.3 Å². The molecule has 0 radical (unpaired) electrons. The average molecular weight is 261 g/mol. The van der Waals surface area contributed by atoms with E-state index in [9.17, 15) is 4.79 Å². The van der Waals surface area contributed by atoms with Crippen LogP contribution in [0.3, 0.4) is 0 Å².